The third kappa shape index (κ3) is 0.689. The van der Waals surface area contributed by atoms with Gasteiger partial charge in [0.25, 0.3) is 0 Å². The molecular weight excluding hydrogens is 146 g/mol. The number of imidazole rings is 1. The minimum atomic E-state index is -0.388. The Labute approximate surface area is 60.7 Å². The van der Waals surface area contributed by atoms with Crippen molar-refractivity contribution in [2.24, 2.45) is 0 Å². The number of H-pyrrole nitrogens is 1. The summed E-state index contributed by atoms with van der Waals surface area (Å²) < 4.78 is 0.968. The minimum absolute atomic E-state index is 0.388. The van der Waals surface area contributed by atoms with Crippen LogP contribution in [0.2, 0.25) is 0 Å². The summed E-state index contributed by atoms with van der Waals surface area (Å²) in [5.41, 5.74) is 0.561. The fourth-order valence-corrected chi connectivity index (χ4v) is 0.866. The summed E-state index contributed by atoms with van der Waals surface area (Å²) in [5.74, 6) is 5.33. The van der Waals surface area contributed by atoms with Crippen molar-refractivity contribution >= 4 is 11.2 Å². The van der Waals surface area contributed by atoms with Gasteiger partial charge in [-0.3, -0.25) is 4.98 Å². The number of nitrogens with one attached hydrogen (secondary N) is 1. The maximum absolute atomic E-state index is 10.9. The second-order valence-corrected chi connectivity index (χ2v) is 2.06. The normalized spacial score (nSPS) is 10.5. The van der Waals surface area contributed by atoms with E-state index in [1.165, 1.54) is 12.5 Å². The fourth-order valence-electron chi connectivity index (χ4n) is 0.866. The molecule has 0 aliphatic heterocycles. The average Bonchev–Trinajstić information content (AvgIpc) is 2.30. The van der Waals surface area contributed by atoms with Crippen LogP contribution in [0.3, 0.4) is 0 Å². The zero-order valence-electron chi connectivity index (χ0n) is 5.48. The van der Waals surface area contributed by atoms with E-state index in [0.717, 1.165) is 4.68 Å². The van der Waals surface area contributed by atoms with E-state index in [1.807, 2.05) is 0 Å². The van der Waals surface area contributed by atoms with E-state index in [1.54, 1.807) is 0 Å². The van der Waals surface area contributed by atoms with Crippen molar-refractivity contribution in [1.82, 2.24) is 19.6 Å². The van der Waals surface area contributed by atoms with Gasteiger partial charge in [0.1, 0.15) is 11.8 Å². The Morgan fingerprint density at radius 3 is 3.18 bits per heavy atom. The lowest BCUT2D eigenvalue weighted by molar-refractivity contribution is 0.965. The minimum Gasteiger partial charge on any atom is -0.335 e. The maximum Gasteiger partial charge on any atom is 0.346 e. The summed E-state index contributed by atoms with van der Waals surface area (Å²) in [4.78, 5) is 20.8. The van der Waals surface area contributed by atoms with Crippen molar-refractivity contribution in [3.05, 3.63) is 23.0 Å². The Morgan fingerprint density at radius 2 is 2.45 bits per heavy atom. The van der Waals surface area contributed by atoms with Gasteiger partial charge in [-0.1, -0.05) is 0 Å². The zero-order chi connectivity index (χ0) is 7.84. The topological polar surface area (TPSA) is 89.6 Å². The summed E-state index contributed by atoms with van der Waals surface area (Å²) in [6, 6.07) is 0. The van der Waals surface area contributed by atoms with Crippen LogP contribution in [-0.2, 0) is 0 Å². The molecule has 0 radical (unpaired) electrons. The predicted octanol–water partition coefficient (Wildman–Crippen LogP) is -1.17. The van der Waals surface area contributed by atoms with Gasteiger partial charge < -0.3 is 5.84 Å². The highest BCUT2D eigenvalue weighted by Crippen LogP contribution is 1.98. The molecule has 0 aliphatic carbocycles. The van der Waals surface area contributed by atoms with Crippen LogP contribution in [0.5, 0.6) is 0 Å². The van der Waals surface area contributed by atoms with Gasteiger partial charge in [0.15, 0.2) is 5.65 Å². The number of fused-ring (bicyclic) bond motifs is 1. The molecular formula is C5H5N5O. The Bertz CT molecular complexity index is 441. The molecule has 0 unspecified atom stereocenters. The zero-order valence-corrected chi connectivity index (χ0v) is 5.48. The molecule has 3 N–H and O–H groups in total. The van der Waals surface area contributed by atoms with E-state index < -0.39 is 0 Å². The van der Waals surface area contributed by atoms with Gasteiger partial charge in [0, 0.05) is 0 Å². The monoisotopic (exact) mass is 151 g/mol. The van der Waals surface area contributed by atoms with E-state index in [4.69, 9.17) is 5.84 Å². The van der Waals surface area contributed by atoms with Crippen molar-refractivity contribution in [1.29, 1.82) is 0 Å². The van der Waals surface area contributed by atoms with Crippen molar-refractivity contribution in [2.45, 2.75) is 0 Å². The Balaban J connectivity index is 3.04. The van der Waals surface area contributed by atoms with Crippen LogP contribution in [0, 0.1) is 0 Å². The van der Waals surface area contributed by atoms with Gasteiger partial charge in [-0.05, 0) is 0 Å². The molecule has 0 aliphatic rings. The highest BCUT2D eigenvalue weighted by atomic mass is 16.1. The van der Waals surface area contributed by atoms with Gasteiger partial charge in [-0.2, -0.15) is 0 Å². The molecule has 0 bridgehead atoms. The second-order valence-electron chi connectivity index (χ2n) is 2.06. The Morgan fingerprint density at radius 1 is 1.64 bits per heavy atom. The molecule has 11 heavy (non-hydrogen) atoms. The van der Waals surface area contributed by atoms with Crippen LogP contribution in [0.15, 0.2) is 17.3 Å². The first kappa shape index (κ1) is 5.90. The third-order valence-electron chi connectivity index (χ3n) is 1.40. The smallest absolute Gasteiger partial charge is 0.335 e. The van der Waals surface area contributed by atoms with Crippen molar-refractivity contribution in [3.63, 3.8) is 0 Å². The molecule has 2 heterocycles. The summed E-state index contributed by atoms with van der Waals surface area (Å²) >= 11 is 0. The summed E-state index contributed by atoms with van der Waals surface area (Å²) in [7, 11) is 0. The van der Waals surface area contributed by atoms with Gasteiger partial charge in [-0.15, -0.1) is 0 Å². The quantitative estimate of drug-likeness (QED) is 0.464. The van der Waals surface area contributed by atoms with Crippen LogP contribution >= 0.6 is 0 Å². The van der Waals surface area contributed by atoms with E-state index >= 15 is 0 Å². The highest BCUT2D eigenvalue weighted by Gasteiger charge is 2.02. The molecule has 0 fully saturated rings. The van der Waals surface area contributed by atoms with E-state index in [0.29, 0.717) is 11.2 Å². The lowest BCUT2D eigenvalue weighted by atomic mass is 10.6. The van der Waals surface area contributed by atoms with E-state index in [9.17, 15) is 4.79 Å². The largest absolute Gasteiger partial charge is 0.346 e. The molecule has 2 aromatic rings. The first-order valence-corrected chi connectivity index (χ1v) is 2.95. The maximum atomic E-state index is 10.9. The number of nitrogen functional groups attached to an aromatic ring is 1. The summed E-state index contributed by atoms with van der Waals surface area (Å²) in [5, 5.41) is 0. The SMILES string of the molecule is Nn1c(=O)[nH]c2ncncc21. The number of hydrogen-bond acceptors (Lipinski definition) is 4. The molecule has 2 rings (SSSR count). The van der Waals surface area contributed by atoms with Crippen LogP contribution < -0.4 is 11.5 Å². The average molecular weight is 151 g/mol. The summed E-state index contributed by atoms with van der Waals surface area (Å²) in [6.07, 6.45) is 2.82. The first-order chi connectivity index (χ1) is 5.29. The van der Waals surface area contributed by atoms with Crippen molar-refractivity contribution in [2.75, 3.05) is 5.84 Å². The molecule has 0 saturated heterocycles. The number of hydrogen-bond donors (Lipinski definition) is 2. The molecule has 0 atom stereocenters. The van der Waals surface area contributed by atoms with Crippen molar-refractivity contribution < 1.29 is 0 Å². The number of aromatic amines is 1. The molecule has 56 valence electrons. The lowest BCUT2D eigenvalue weighted by Crippen LogP contribution is -2.23. The molecule has 0 amide bonds. The van der Waals surface area contributed by atoms with Gasteiger partial charge in [0.2, 0.25) is 0 Å². The van der Waals surface area contributed by atoms with Crippen LogP contribution in [0.1, 0.15) is 0 Å². The van der Waals surface area contributed by atoms with Crippen molar-refractivity contribution in [3.8, 4) is 0 Å². The van der Waals surface area contributed by atoms with E-state index in [-0.39, 0.29) is 5.69 Å². The number of nitrogens with zero attached hydrogens (tertiary/aromatic N) is 3. The van der Waals surface area contributed by atoms with Crippen LogP contribution in [0.25, 0.3) is 11.2 Å². The Hall–Kier alpha value is -1.85. The molecule has 0 aromatic carbocycles. The van der Waals surface area contributed by atoms with E-state index in [2.05, 4.69) is 15.0 Å². The molecule has 6 heteroatoms. The van der Waals surface area contributed by atoms with Gasteiger partial charge >= 0.3 is 5.69 Å². The summed E-state index contributed by atoms with van der Waals surface area (Å²) in [6.45, 7) is 0. The number of aromatic nitrogens is 4. The molecule has 0 spiro atoms. The molecule has 6 nitrogen and oxygen atoms in total. The molecule has 2 aromatic heterocycles. The van der Waals surface area contributed by atoms with Gasteiger partial charge in [0.05, 0.1) is 6.20 Å². The fraction of sp³-hybridized carbons (Fsp3) is 0. The number of nitrogens with two attached hydrogens (primary N) is 1. The lowest BCUT2D eigenvalue weighted by Gasteiger charge is -1.88. The second kappa shape index (κ2) is 1.82. The third-order valence-corrected chi connectivity index (χ3v) is 1.40. The standard InChI is InChI=1S/C5H5N5O/c6-10-3-1-7-2-8-4(3)9-5(10)11/h1-2H,6H2,(H,7,8,9,11). The first-order valence-electron chi connectivity index (χ1n) is 2.95. The van der Waals surface area contributed by atoms with Crippen LogP contribution in [-0.4, -0.2) is 19.6 Å². The molecule has 0 saturated carbocycles. The van der Waals surface area contributed by atoms with Gasteiger partial charge in [-0.25, -0.2) is 19.4 Å². The number of rotatable bonds is 0. The van der Waals surface area contributed by atoms with Crippen LogP contribution in [0.4, 0.5) is 0 Å². The Kier molecular flexibility index (Phi) is 0.974. The predicted molar refractivity (Wildman–Crippen MR) is 38.3 cm³/mol. The highest BCUT2D eigenvalue weighted by molar-refractivity contribution is 5.68.